The Bertz CT molecular complexity index is 723. The van der Waals surface area contributed by atoms with Gasteiger partial charge in [-0.25, -0.2) is 4.39 Å². The number of rotatable bonds is 8. The van der Waals surface area contributed by atoms with Crippen LogP contribution in [-0.4, -0.2) is 33.3 Å². The monoisotopic (exact) mass is 363 g/mol. The SMILES string of the molecule is COc1cc(CNC(=O)[C@H](C)Oc2ccc(F)cc2)cc(OC)c1OC. The highest BCUT2D eigenvalue weighted by atomic mass is 19.1. The lowest BCUT2D eigenvalue weighted by Crippen LogP contribution is -2.35. The van der Waals surface area contributed by atoms with Crippen LogP contribution in [0.5, 0.6) is 23.0 Å². The maximum Gasteiger partial charge on any atom is 0.261 e. The molecule has 0 heterocycles. The zero-order valence-corrected chi connectivity index (χ0v) is 15.2. The van der Waals surface area contributed by atoms with E-state index in [-0.39, 0.29) is 18.3 Å². The van der Waals surface area contributed by atoms with Crippen LogP contribution in [0.15, 0.2) is 36.4 Å². The van der Waals surface area contributed by atoms with Gasteiger partial charge in [0, 0.05) is 6.54 Å². The fourth-order valence-corrected chi connectivity index (χ4v) is 2.34. The number of nitrogens with one attached hydrogen (secondary N) is 1. The summed E-state index contributed by atoms with van der Waals surface area (Å²) >= 11 is 0. The van der Waals surface area contributed by atoms with E-state index in [1.807, 2.05) is 0 Å². The second-order valence-corrected chi connectivity index (χ2v) is 5.47. The largest absolute Gasteiger partial charge is 0.493 e. The van der Waals surface area contributed by atoms with Crippen molar-refractivity contribution < 1.29 is 28.1 Å². The maximum atomic E-state index is 12.9. The third kappa shape index (κ3) is 4.78. The van der Waals surface area contributed by atoms with Crippen LogP contribution in [0.25, 0.3) is 0 Å². The molecule has 0 spiro atoms. The first-order valence-corrected chi connectivity index (χ1v) is 7.97. The third-order valence-corrected chi connectivity index (χ3v) is 3.69. The van der Waals surface area contributed by atoms with E-state index in [9.17, 15) is 9.18 Å². The van der Waals surface area contributed by atoms with Crippen molar-refractivity contribution in [2.45, 2.75) is 19.6 Å². The van der Waals surface area contributed by atoms with Crippen molar-refractivity contribution in [1.82, 2.24) is 5.32 Å². The Labute approximate surface area is 151 Å². The molecule has 0 fully saturated rings. The van der Waals surface area contributed by atoms with Gasteiger partial charge in [0.05, 0.1) is 21.3 Å². The van der Waals surface area contributed by atoms with E-state index in [2.05, 4.69) is 5.32 Å². The number of amides is 1. The molecule has 2 rings (SSSR count). The fourth-order valence-electron chi connectivity index (χ4n) is 2.34. The second kappa shape index (κ2) is 8.94. The lowest BCUT2D eigenvalue weighted by molar-refractivity contribution is -0.127. The number of halogens is 1. The summed E-state index contributed by atoms with van der Waals surface area (Å²) in [6.07, 6.45) is -0.734. The highest BCUT2D eigenvalue weighted by Crippen LogP contribution is 2.38. The molecule has 0 bridgehead atoms. The maximum absolute atomic E-state index is 12.9. The van der Waals surface area contributed by atoms with E-state index in [1.165, 1.54) is 45.6 Å². The van der Waals surface area contributed by atoms with E-state index >= 15 is 0 Å². The summed E-state index contributed by atoms with van der Waals surface area (Å²) in [5.74, 6) is 1.25. The van der Waals surface area contributed by atoms with Crippen LogP contribution in [0, 0.1) is 5.82 Å². The van der Waals surface area contributed by atoms with Crippen molar-refractivity contribution in [2.24, 2.45) is 0 Å². The van der Waals surface area contributed by atoms with E-state index < -0.39 is 6.10 Å². The van der Waals surface area contributed by atoms with E-state index in [0.717, 1.165) is 5.56 Å². The van der Waals surface area contributed by atoms with Gasteiger partial charge < -0.3 is 24.3 Å². The third-order valence-electron chi connectivity index (χ3n) is 3.69. The summed E-state index contributed by atoms with van der Waals surface area (Å²) < 4.78 is 34.2. The first-order valence-electron chi connectivity index (χ1n) is 7.97. The minimum absolute atomic E-state index is 0.257. The number of methoxy groups -OCH3 is 3. The normalized spacial score (nSPS) is 11.4. The zero-order chi connectivity index (χ0) is 19.1. The Kier molecular flexibility index (Phi) is 6.66. The molecule has 26 heavy (non-hydrogen) atoms. The molecule has 0 saturated carbocycles. The van der Waals surface area contributed by atoms with Gasteiger partial charge in [-0.2, -0.15) is 0 Å². The van der Waals surface area contributed by atoms with Gasteiger partial charge in [0.1, 0.15) is 11.6 Å². The van der Waals surface area contributed by atoms with Crippen molar-refractivity contribution in [1.29, 1.82) is 0 Å². The smallest absolute Gasteiger partial charge is 0.261 e. The number of benzene rings is 2. The van der Waals surface area contributed by atoms with Crippen LogP contribution in [0.3, 0.4) is 0 Å². The molecule has 1 amide bonds. The van der Waals surface area contributed by atoms with Gasteiger partial charge in [-0.15, -0.1) is 0 Å². The average molecular weight is 363 g/mol. The predicted octanol–water partition coefficient (Wildman–Crippen LogP) is 2.94. The van der Waals surface area contributed by atoms with Gasteiger partial charge in [-0.1, -0.05) is 0 Å². The molecule has 1 N–H and O–H groups in total. The topological polar surface area (TPSA) is 66.0 Å². The molecular weight excluding hydrogens is 341 g/mol. The Hall–Kier alpha value is -2.96. The zero-order valence-electron chi connectivity index (χ0n) is 15.2. The summed E-state index contributed by atoms with van der Waals surface area (Å²) in [7, 11) is 4.58. The van der Waals surface area contributed by atoms with Crippen LogP contribution in [0.1, 0.15) is 12.5 Å². The van der Waals surface area contributed by atoms with Crippen molar-refractivity contribution in [3.63, 3.8) is 0 Å². The molecule has 0 aliphatic heterocycles. The highest BCUT2D eigenvalue weighted by molar-refractivity contribution is 5.80. The van der Waals surface area contributed by atoms with Crippen LogP contribution in [-0.2, 0) is 11.3 Å². The van der Waals surface area contributed by atoms with E-state index in [4.69, 9.17) is 18.9 Å². The Morgan fingerprint density at radius 2 is 1.62 bits per heavy atom. The number of carbonyl (C=O) groups excluding carboxylic acids is 1. The Morgan fingerprint density at radius 1 is 1.04 bits per heavy atom. The molecule has 6 nitrogen and oxygen atoms in total. The van der Waals surface area contributed by atoms with Gasteiger partial charge in [0.2, 0.25) is 5.75 Å². The van der Waals surface area contributed by atoms with Crippen LogP contribution in [0.4, 0.5) is 4.39 Å². The van der Waals surface area contributed by atoms with Crippen molar-refractivity contribution in [2.75, 3.05) is 21.3 Å². The van der Waals surface area contributed by atoms with Gasteiger partial charge in [-0.3, -0.25) is 4.79 Å². The molecule has 7 heteroatoms. The molecule has 0 aliphatic rings. The first kappa shape index (κ1) is 19.4. The summed E-state index contributed by atoms with van der Waals surface area (Å²) in [6.45, 7) is 1.88. The standard InChI is InChI=1S/C19H22FNO5/c1-12(26-15-7-5-14(20)6-8-15)19(22)21-11-13-9-16(23-2)18(25-4)17(10-13)24-3/h5-10,12H,11H2,1-4H3,(H,21,22)/t12-/m0/s1. The number of hydrogen-bond acceptors (Lipinski definition) is 5. The predicted molar refractivity (Wildman–Crippen MR) is 94.4 cm³/mol. The Morgan fingerprint density at radius 3 is 2.12 bits per heavy atom. The van der Waals surface area contributed by atoms with Crippen molar-refractivity contribution in [3.8, 4) is 23.0 Å². The summed E-state index contributed by atoms with van der Waals surface area (Å²) in [6, 6.07) is 9.00. The van der Waals surface area contributed by atoms with Crippen LogP contribution < -0.4 is 24.3 Å². The molecule has 0 saturated heterocycles. The van der Waals surface area contributed by atoms with Crippen LogP contribution in [0.2, 0.25) is 0 Å². The molecule has 2 aromatic carbocycles. The molecular formula is C19H22FNO5. The molecule has 140 valence electrons. The van der Waals surface area contributed by atoms with Crippen molar-refractivity contribution in [3.05, 3.63) is 47.8 Å². The number of hydrogen-bond donors (Lipinski definition) is 1. The highest BCUT2D eigenvalue weighted by Gasteiger charge is 2.17. The molecule has 2 aromatic rings. The van der Waals surface area contributed by atoms with Gasteiger partial charge in [0.15, 0.2) is 17.6 Å². The summed E-state index contributed by atoms with van der Waals surface area (Å²) in [4.78, 5) is 12.2. The number of carbonyl (C=O) groups is 1. The van der Waals surface area contributed by atoms with E-state index in [1.54, 1.807) is 19.1 Å². The van der Waals surface area contributed by atoms with Gasteiger partial charge in [0.25, 0.3) is 5.91 Å². The lowest BCUT2D eigenvalue weighted by Gasteiger charge is -2.16. The second-order valence-electron chi connectivity index (χ2n) is 5.47. The molecule has 0 aromatic heterocycles. The molecule has 0 radical (unpaired) electrons. The summed E-state index contributed by atoms with van der Waals surface area (Å²) in [5, 5.41) is 2.78. The quantitative estimate of drug-likeness (QED) is 0.781. The number of ether oxygens (including phenoxy) is 4. The van der Waals surface area contributed by atoms with Crippen LogP contribution >= 0.6 is 0 Å². The average Bonchev–Trinajstić information content (AvgIpc) is 2.66. The van der Waals surface area contributed by atoms with Gasteiger partial charge >= 0.3 is 0 Å². The Balaban J connectivity index is 2.00. The molecule has 1 atom stereocenters. The summed E-state index contributed by atoms with van der Waals surface area (Å²) in [5.41, 5.74) is 0.779. The first-order chi connectivity index (χ1) is 12.5. The molecule has 0 unspecified atom stereocenters. The lowest BCUT2D eigenvalue weighted by atomic mass is 10.1. The van der Waals surface area contributed by atoms with E-state index in [0.29, 0.717) is 23.0 Å². The van der Waals surface area contributed by atoms with Crippen molar-refractivity contribution >= 4 is 5.91 Å². The fraction of sp³-hybridized carbons (Fsp3) is 0.316. The van der Waals surface area contributed by atoms with Gasteiger partial charge in [-0.05, 0) is 48.9 Å². The molecule has 0 aliphatic carbocycles. The minimum atomic E-state index is -0.734. The minimum Gasteiger partial charge on any atom is -0.493 e.